The molecule has 0 N–H and O–H groups in total. The van der Waals surface area contributed by atoms with E-state index in [1.165, 1.54) is 11.3 Å². The summed E-state index contributed by atoms with van der Waals surface area (Å²) < 4.78 is 33.1. The first kappa shape index (κ1) is 15.7. The number of thiophene rings is 1. The zero-order chi connectivity index (χ0) is 15.9. The molecule has 2 aromatic rings. The molecule has 0 aliphatic carbocycles. The lowest BCUT2D eigenvalue weighted by molar-refractivity contribution is 0.346. The lowest BCUT2D eigenvalue weighted by Crippen LogP contribution is -2.35. The van der Waals surface area contributed by atoms with Crippen LogP contribution < -0.4 is 0 Å². The average molecular weight is 340 g/mol. The smallest absolute Gasteiger partial charge is 0.244 e. The Morgan fingerprint density at radius 3 is 2.41 bits per heavy atom. The van der Waals surface area contributed by atoms with Crippen molar-refractivity contribution in [1.29, 1.82) is 0 Å². The van der Waals surface area contributed by atoms with Gasteiger partial charge in [0.1, 0.15) is 4.90 Å². The van der Waals surface area contributed by atoms with Gasteiger partial charge in [-0.25, -0.2) is 8.42 Å². The Morgan fingerprint density at radius 2 is 1.82 bits per heavy atom. The fraction of sp³-hybridized carbons (Fsp3) is 0.533. The van der Waals surface area contributed by atoms with Crippen LogP contribution >= 0.6 is 11.3 Å². The molecule has 0 atom stereocenters. The summed E-state index contributed by atoms with van der Waals surface area (Å²) in [6, 6.07) is 1.80. The first-order valence-corrected chi connectivity index (χ1v) is 9.70. The highest BCUT2D eigenvalue weighted by Gasteiger charge is 2.33. The van der Waals surface area contributed by atoms with Gasteiger partial charge in [-0.15, -0.1) is 11.3 Å². The summed E-state index contributed by atoms with van der Waals surface area (Å²) in [4.78, 5) is 2.16. The second kappa shape index (κ2) is 5.79. The van der Waals surface area contributed by atoms with Crippen LogP contribution in [0.5, 0.6) is 0 Å². The molecule has 120 valence electrons. The topological polar surface area (TPSA) is 63.4 Å². The fourth-order valence-corrected chi connectivity index (χ4v) is 6.31. The van der Waals surface area contributed by atoms with Crippen LogP contribution in [-0.2, 0) is 10.0 Å². The van der Waals surface area contributed by atoms with Gasteiger partial charge in [-0.3, -0.25) is 0 Å². The van der Waals surface area contributed by atoms with Crippen molar-refractivity contribution in [3.05, 3.63) is 21.5 Å². The number of sulfonamides is 1. The molecule has 0 aromatic carbocycles. The summed E-state index contributed by atoms with van der Waals surface area (Å²) >= 11 is 1.50. The molecule has 0 saturated carbocycles. The van der Waals surface area contributed by atoms with Crippen molar-refractivity contribution in [3.8, 4) is 11.3 Å². The number of aromatic nitrogens is 1. The van der Waals surface area contributed by atoms with Gasteiger partial charge in [0.2, 0.25) is 10.0 Å². The van der Waals surface area contributed by atoms with Crippen LogP contribution in [0.1, 0.15) is 34.7 Å². The minimum atomic E-state index is -3.49. The Bertz CT molecular complexity index is 784. The number of hydrogen-bond acceptors (Lipinski definition) is 5. The van der Waals surface area contributed by atoms with E-state index in [9.17, 15) is 8.42 Å². The molecular formula is C15H20N2O3S2. The zero-order valence-electron chi connectivity index (χ0n) is 13.0. The second-order valence-corrected chi connectivity index (χ2v) is 9.02. The third kappa shape index (κ3) is 2.61. The Labute approximate surface area is 135 Å². The molecule has 3 heterocycles. The maximum absolute atomic E-state index is 13.1. The van der Waals surface area contributed by atoms with Gasteiger partial charge in [0, 0.05) is 28.9 Å². The zero-order valence-corrected chi connectivity index (χ0v) is 14.7. The van der Waals surface area contributed by atoms with Gasteiger partial charge in [-0.05, 0) is 33.6 Å². The maximum Gasteiger partial charge on any atom is 0.244 e. The number of piperidine rings is 1. The minimum absolute atomic E-state index is 0.396. The molecular weight excluding hydrogens is 320 g/mol. The lowest BCUT2D eigenvalue weighted by Gasteiger charge is -2.26. The molecule has 3 rings (SSSR count). The highest BCUT2D eigenvalue weighted by atomic mass is 32.2. The molecule has 1 fully saturated rings. The Kier molecular flexibility index (Phi) is 4.13. The Balaban J connectivity index is 2.14. The van der Waals surface area contributed by atoms with E-state index in [-0.39, 0.29) is 0 Å². The van der Waals surface area contributed by atoms with Crippen LogP contribution in [0, 0.1) is 20.8 Å². The number of aryl methyl sites for hydroxylation is 3. The van der Waals surface area contributed by atoms with E-state index in [1.54, 1.807) is 10.4 Å². The van der Waals surface area contributed by atoms with Crippen molar-refractivity contribution in [2.45, 2.75) is 44.9 Å². The fourth-order valence-electron chi connectivity index (χ4n) is 2.97. The van der Waals surface area contributed by atoms with E-state index in [2.05, 4.69) is 5.16 Å². The van der Waals surface area contributed by atoms with Gasteiger partial charge in [0.15, 0.2) is 5.76 Å². The van der Waals surface area contributed by atoms with Crippen molar-refractivity contribution >= 4 is 21.4 Å². The lowest BCUT2D eigenvalue weighted by atomic mass is 10.2. The van der Waals surface area contributed by atoms with Crippen molar-refractivity contribution in [2.24, 2.45) is 0 Å². The number of rotatable bonds is 3. The molecule has 22 heavy (non-hydrogen) atoms. The van der Waals surface area contributed by atoms with Crippen LogP contribution in [0.25, 0.3) is 11.3 Å². The molecule has 1 aliphatic rings. The molecule has 2 aromatic heterocycles. The van der Waals surface area contributed by atoms with Crippen LogP contribution in [0.2, 0.25) is 0 Å². The van der Waals surface area contributed by atoms with Gasteiger partial charge < -0.3 is 4.52 Å². The summed E-state index contributed by atoms with van der Waals surface area (Å²) in [5.41, 5.74) is 1.42. The van der Waals surface area contributed by atoms with Crippen LogP contribution in [-0.4, -0.2) is 31.0 Å². The molecule has 1 saturated heterocycles. The molecule has 1 aliphatic heterocycles. The van der Waals surface area contributed by atoms with E-state index in [4.69, 9.17) is 4.52 Å². The van der Waals surface area contributed by atoms with Gasteiger partial charge >= 0.3 is 0 Å². The molecule has 0 spiro atoms. The monoisotopic (exact) mass is 340 g/mol. The second-order valence-electron chi connectivity index (χ2n) is 5.72. The van der Waals surface area contributed by atoms with Crippen molar-refractivity contribution in [1.82, 2.24) is 9.46 Å². The number of nitrogens with zero attached hydrogens (tertiary/aromatic N) is 2. The normalized spacial score (nSPS) is 17.0. The van der Waals surface area contributed by atoms with E-state index in [1.807, 2.05) is 20.8 Å². The highest BCUT2D eigenvalue weighted by molar-refractivity contribution is 7.89. The van der Waals surface area contributed by atoms with Gasteiger partial charge in [0.25, 0.3) is 0 Å². The largest absolute Gasteiger partial charge is 0.356 e. The first-order chi connectivity index (χ1) is 10.4. The maximum atomic E-state index is 13.1. The summed E-state index contributed by atoms with van der Waals surface area (Å²) in [5.74, 6) is 0.537. The van der Waals surface area contributed by atoms with E-state index in [0.717, 1.165) is 34.7 Å². The summed E-state index contributed by atoms with van der Waals surface area (Å²) in [6.45, 7) is 6.83. The van der Waals surface area contributed by atoms with Gasteiger partial charge in [-0.2, -0.15) is 4.31 Å². The molecule has 0 amide bonds. The first-order valence-electron chi connectivity index (χ1n) is 7.45. The molecule has 0 bridgehead atoms. The SMILES string of the molecule is Cc1cc(-c2c(C)sc(C)c2S(=O)(=O)N2CCCCC2)on1. The summed E-state index contributed by atoms with van der Waals surface area (Å²) in [7, 11) is -3.49. The predicted molar refractivity (Wildman–Crippen MR) is 86.6 cm³/mol. The average Bonchev–Trinajstić information content (AvgIpc) is 3.03. The third-order valence-electron chi connectivity index (χ3n) is 3.99. The van der Waals surface area contributed by atoms with Gasteiger partial charge in [0.05, 0.1) is 11.3 Å². The van der Waals surface area contributed by atoms with Crippen molar-refractivity contribution < 1.29 is 12.9 Å². The Morgan fingerprint density at radius 1 is 1.14 bits per heavy atom. The quantitative estimate of drug-likeness (QED) is 0.858. The molecule has 5 nitrogen and oxygen atoms in total. The molecule has 0 unspecified atom stereocenters. The Hall–Kier alpha value is -1.18. The van der Waals surface area contributed by atoms with Crippen LogP contribution in [0.3, 0.4) is 0 Å². The van der Waals surface area contributed by atoms with Crippen molar-refractivity contribution in [2.75, 3.05) is 13.1 Å². The van der Waals surface area contributed by atoms with Gasteiger partial charge in [-0.1, -0.05) is 11.6 Å². The molecule has 0 radical (unpaired) electrons. The van der Waals surface area contributed by atoms with E-state index in [0.29, 0.717) is 29.3 Å². The third-order valence-corrected chi connectivity index (χ3v) is 7.21. The van der Waals surface area contributed by atoms with Crippen molar-refractivity contribution in [3.63, 3.8) is 0 Å². The van der Waals surface area contributed by atoms with Crippen LogP contribution in [0.4, 0.5) is 0 Å². The highest BCUT2D eigenvalue weighted by Crippen LogP contribution is 2.40. The minimum Gasteiger partial charge on any atom is -0.356 e. The summed E-state index contributed by atoms with van der Waals surface area (Å²) in [6.07, 6.45) is 2.96. The van der Waals surface area contributed by atoms with E-state index >= 15 is 0 Å². The number of hydrogen-bond donors (Lipinski definition) is 0. The standard InChI is InChI=1S/C15H20N2O3S2/c1-10-9-13(20-16-10)14-11(2)21-12(3)15(14)22(18,19)17-7-5-4-6-8-17/h9H,4-8H2,1-3H3. The predicted octanol–water partition coefficient (Wildman–Crippen LogP) is 3.50. The summed E-state index contributed by atoms with van der Waals surface area (Å²) in [5, 5.41) is 3.90. The van der Waals surface area contributed by atoms with E-state index < -0.39 is 10.0 Å². The van der Waals surface area contributed by atoms with Crippen LogP contribution in [0.15, 0.2) is 15.5 Å². The molecule has 7 heteroatoms.